The van der Waals surface area contributed by atoms with Gasteiger partial charge in [0.2, 0.25) is 0 Å². The van der Waals surface area contributed by atoms with Crippen LogP contribution < -0.4 is 10.5 Å². The van der Waals surface area contributed by atoms with Crippen LogP contribution in [0.15, 0.2) is 22.7 Å². The van der Waals surface area contributed by atoms with Crippen LogP contribution in [0.3, 0.4) is 0 Å². The van der Waals surface area contributed by atoms with Crippen molar-refractivity contribution in [1.82, 2.24) is 4.90 Å². The van der Waals surface area contributed by atoms with E-state index in [1.807, 2.05) is 12.1 Å². The van der Waals surface area contributed by atoms with Gasteiger partial charge in [0.05, 0.1) is 7.11 Å². The van der Waals surface area contributed by atoms with Crippen molar-refractivity contribution in [2.45, 2.75) is 44.7 Å². The molecule has 1 aromatic rings. The van der Waals surface area contributed by atoms with Crippen molar-refractivity contribution < 1.29 is 4.74 Å². The second-order valence-electron chi connectivity index (χ2n) is 6.23. The van der Waals surface area contributed by atoms with E-state index < -0.39 is 0 Å². The Morgan fingerprint density at radius 2 is 2.19 bits per heavy atom. The molecule has 1 aliphatic rings. The molecule has 1 aromatic carbocycles. The number of hydrogen-bond acceptors (Lipinski definition) is 3. The van der Waals surface area contributed by atoms with E-state index in [1.165, 1.54) is 31.2 Å². The lowest BCUT2D eigenvalue weighted by molar-refractivity contribution is 0.120. The van der Waals surface area contributed by atoms with Crippen molar-refractivity contribution in [3.63, 3.8) is 0 Å². The van der Waals surface area contributed by atoms with Crippen LogP contribution in [-0.2, 0) is 0 Å². The number of rotatable bonds is 5. The largest absolute Gasteiger partial charge is 0.497 e. The van der Waals surface area contributed by atoms with Gasteiger partial charge in [-0.25, -0.2) is 0 Å². The number of ether oxygens (including phenoxy) is 1. The lowest BCUT2D eigenvalue weighted by atomic mass is 9.85. The lowest BCUT2D eigenvalue weighted by Crippen LogP contribution is -2.41. The molecule has 0 aromatic heterocycles. The van der Waals surface area contributed by atoms with Gasteiger partial charge in [-0.2, -0.15) is 0 Å². The van der Waals surface area contributed by atoms with Crippen LogP contribution in [0.1, 0.15) is 44.2 Å². The van der Waals surface area contributed by atoms with Crippen molar-refractivity contribution in [3.05, 3.63) is 28.2 Å². The summed E-state index contributed by atoms with van der Waals surface area (Å²) in [4.78, 5) is 2.47. The highest BCUT2D eigenvalue weighted by molar-refractivity contribution is 9.10. The Morgan fingerprint density at radius 3 is 2.81 bits per heavy atom. The molecule has 0 radical (unpaired) electrons. The van der Waals surface area contributed by atoms with Crippen LogP contribution in [0, 0.1) is 5.92 Å². The van der Waals surface area contributed by atoms with Crippen LogP contribution in [0.2, 0.25) is 0 Å². The number of benzene rings is 1. The zero-order chi connectivity index (χ0) is 15.4. The van der Waals surface area contributed by atoms with Crippen LogP contribution >= 0.6 is 15.9 Å². The molecule has 2 rings (SSSR count). The first-order valence-electron chi connectivity index (χ1n) is 7.82. The van der Waals surface area contributed by atoms with E-state index in [0.29, 0.717) is 12.6 Å². The molecule has 0 bridgehead atoms. The van der Waals surface area contributed by atoms with Crippen molar-refractivity contribution in [2.75, 3.05) is 20.7 Å². The maximum Gasteiger partial charge on any atom is 0.119 e. The number of nitrogens with zero attached hydrogens (tertiary/aromatic N) is 1. The highest BCUT2D eigenvalue weighted by atomic mass is 79.9. The Labute approximate surface area is 137 Å². The molecule has 21 heavy (non-hydrogen) atoms. The molecule has 0 spiro atoms. The standard InChI is InChI=1S/C17H27BrN2O/c1-12-5-4-6-13(9-12)20(2)17(11-19)15-10-14(21-3)7-8-16(15)18/h7-8,10,12-13,17H,4-6,9,11,19H2,1-3H3. The molecule has 118 valence electrons. The first-order chi connectivity index (χ1) is 10.1. The molecule has 2 N–H and O–H groups in total. The summed E-state index contributed by atoms with van der Waals surface area (Å²) in [7, 11) is 3.92. The van der Waals surface area contributed by atoms with Crippen LogP contribution in [-0.4, -0.2) is 31.6 Å². The fourth-order valence-corrected chi connectivity index (χ4v) is 3.95. The monoisotopic (exact) mass is 354 g/mol. The first kappa shape index (κ1) is 16.8. The predicted octanol–water partition coefficient (Wildman–Crippen LogP) is 3.97. The Balaban J connectivity index is 2.22. The molecule has 4 heteroatoms. The maximum atomic E-state index is 6.10. The zero-order valence-corrected chi connectivity index (χ0v) is 14.9. The minimum atomic E-state index is 0.227. The van der Waals surface area contributed by atoms with Gasteiger partial charge in [-0.05, 0) is 49.6 Å². The molecule has 3 unspecified atom stereocenters. The zero-order valence-electron chi connectivity index (χ0n) is 13.3. The first-order valence-corrected chi connectivity index (χ1v) is 8.61. The normalized spacial score (nSPS) is 24.1. The molecule has 0 aliphatic heterocycles. The summed E-state index contributed by atoms with van der Waals surface area (Å²) in [6.07, 6.45) is 5.24. The van der Waals surface area contributed by atoms with Crippen molar-refractivity contribution in [3.8, 4) is 5.75 Å². The van der Waals surface area contributed by atoms with Gasteiger partial charge in [0, 0.05) is 23.1 Å². The minimum Gasteiger partial charge on any atom is -0.497 e. The third-order valence-corrected chi connectivity index (χ3v) is 5.48. The molecule has 1 saturated carbocycles. The van der Waals surface area contributed by atoms with E-state index >= 15 is 0 Å². The third-order valence-electron chi connectivity index (χ3n) is 4.76. The van der Waals surface area contributed by atoms with E-state index in [4.69, 9.17) is 10.5 Å². The SMILES string of the molecule is COc1ccc(Br)c(C(CN)N(C)C2CCCC(C)C2)c1. The highest BCUT2D eigenvalue weighted by Gasteiger charge is 2.28. The van der Waals surface area contributed by atoms with Gasteiger partial charge in [0.15, 0.2) is 0 Å². The van der Waals surface area contributed by atoms with Crippen LogP contribution in [0.25, 0.3) is 0 Å². The topological polar surface area (TPSA) is 38.5 Å². The van der Waals surface area contributed by atoms with E-state index in [2.05, 4.69) is 40.9 Å². The van der Waals surface area contributed by atoms with Crippen molar-refractivity contribution in [1.29, 1.82) is 0 Å². The van der Waals surface area contributed by atoms with Crippen LogP contribution in [0.5, 0.6) is 5.75 Å². The Hall–Kier alpha value is -0.580. The number of likely N-dealkylation sites (N-methyl/N-ethyl adjacent to an activating group) is 1. The summed E-state index contributed by atoms with van der Waals surface area (Å²) in [5, 5.41) is 0. The van der Waals surface area contributed by atoms with E-state index in [0.717, 1.165) is 16.1 Å². The van der Waals surface area contributed by atoms with E-state index in [1.54, 1.807) is 7.11 Å². The number of halogens is 1. The Morgan fingerprint density at radius 1 is 1.43 bits per heavy atom. The summed E-state index contributed by atoms with van der Waals surface area (Å²) in [5.74, 6) is 1.70. The molecule has 1 aliphatic carbocycles. The molecular formula is C17H27BrN2O. The smallest absolute Gasteiger partial charge is 0.119 e. The Bertz CT molecular complexity index is 466. The summed E-state index contributed by atoms with van der Waals surface area (Å²) >= 11 is 3.67. The van der Waals surface area contributed by atoms with Gasteiger partial charge >= 0.3 is 0 Å². The summed E-state index contributed by atoms with van der Waals surface area (Å²) in [5.41, 5.74) is 7.32. The number of methoxy groups -OCH3 is 1. The van der Waals surface area contributed by atoms with Gasteiger partial charge < -0.3 is 10.5 Å². The quantitative estimate of drug-likeness (QED) is 0.869. The molecule has 0 saturated heterocycles. The Kier molecular flexibility index (Phi) is 6.08. The number of nitrogens with two attached hydrogens (primary N) is 1. The summed E-state index contributed by atoms with van der Waals surface area (Å²) in [6, 6.07) is 6.98. The van der Waals surface area contributed by atoms with Gasteiger partial charge in [-0.15, -0.1) is 0 Å². The molecule has 3 nitrogen and oxygen atoms in total. The van der Waals surface area contributed by atoms with E-state index in [-0.39, 0.29) is 6.04 Å². The second-order valence-corrected chi connectivity index (χ2v) is 7.08. The molecule has 0 heterocycles. The van der Waals surface area contributed by atoms with E-state index in [9.17, 15) is 0 Å². The molecule has 0 amide bonds. The van der Waals surface area contributed by atoms with Crippen molar-refractivity contribution in [2.24, 2.45) is 11.7 Å². The number of hydrogen-bond donors (Lipinski definition) is 1. The molecular weight excluding hydrogens is 328 g/mol. The fraction of sp³-hybridized carbons (Fsp3) is 0.647. The third kappa shape index (κ3) is 3.99. The van der Waals surface area contributed by atoms with Gasteiger partial charge in [0.1, 0.15) is 5.75 Å². The summed E-state index contributed by atoms with van der Waals surface area (Å²) < 4.78 is 6.47. The summed E-state index contributed by atoms with van der Waals surface area (Å²) in [6.45, 7) is 2.98. The molecule has 1 fully saturated rings. The van der Waals surface area contributed by atoms with Gasteiger partial charge in [-0.3, -0.25) is 4.90 Å². The average molecular weight is 355 g/mol. The lowest BCUT2D eigenvalue weighted by Gasteiger charge is -2.39. The minimum absolute atomic E-state index is 0.227. The average Bonchev–Trinajstić information content (AvgIpc) is 2.49. The highest BCUT2D eigenvalue weighted by Crippen LogP contribution is 2.35. The maximum absolute atomic E-state index is 6.10. The van der Waals surface area contributed by atoms with Crippen molar-refractivity contribution >= 4 is 15.9 Å². The second kappa shape index (κ2) is 7.61. The molecule has 3 atom stereocenters. The predicted molar refractivity (Wildman–Crippen MR) is 91.7 cm³/mol. The van der Waals surface area contributed by atoms with Gasteiger partial charge in [-0.1, -0.05) is 35.7 Å². The fourth-order valence-electron chi connectivity index (χ4n) is 3.44. The van der Waals surface area contributed by atoms with Gasteiger partial charge in [0.25, 0.3) is 0 Å². The van der Waals surface area contributed by atoms with Crippen LogP contribution in [0.4, 0.5) is 0 Å².